The summed E-state index contributed by atoms with van der Waals surface area (Å²) in [6.07, 6.45) is -2.54. The van der Waals surface area contributed by atoms with Gasteiger partial charge in [-0.3, -0.25) is 14.5 Å². The summed E-state index contributed by atoms with van der Waals surface area (Å²) in [6.45, 7) is 11.0. The lowest BCUT2D eigenvalue weighted by molar-refractivity contribution is -0.0885. The van der Waals surface area contributed by atoms with Crippen LogP contribution in [-0.4, -0.2) is 70.0 Å². The minimum atomic E-state index is -4.93. The van der Waals surface area contributed by atoms with Crippen molar-refractivity contribution in [2.24, 2.45) is 0 Å². The normalized spacial score (nSPS) is 19.4. The molecule has 2 aliphatic rings. The van der Waals surface area contributed by atoms with Crippen molar-refractivity contribution >= 4 is 11.7 Å². The lowest BCUT2D eigenvalue weighted by Crippen LogP contribution is -2.60. The van der Waals surface area contributed by atoms with Crippen molar-refractivity contribution in [1.29, 1.82) is 0 Å². The number of piperidine rings is 1. The summed E-state index contributed by atoms with van der Waals surface area (Å²) in [5.74, 6) is -1.39. The van der Waals surface area contributed by atoms with Crippen LogP contribution in [0.3, 0.4) is 0 Å². The van der Waals surface area contributed by atoms with Crippen molar-refractivity contribution < 1.29 is 27.5 Å². The van der Waals surface area contributed by atoms with Gasteiger partial charge in [0.15, 0.2) is 0 Å². The Kier molecular flexibility index (Phi) is 6.47. The quantitative estimate of drug-likeness (QED) is 0.570. The number of halogens is 3. The second kappa shape index (κ2) is 8.90. The van der Waals surface area contributed by atoms with Gasteiger partial charge >= 0.3 is 6.18 Å². The number of fused-ring (bicyclic) bond motifs is 2. The standard InChI is InChI=1S/C26H33F3N4O3/c1-16(2)36-20-8-7-19(30-17(20)3)23(35)32-11-9-25(10-12-32)21-13-18(22(34)26(27,28)29)14-33(21)24(4,5)15-31(25)6/h7-8,13-14,16H,9-12,15H2,1-6H3. The summed E-state index contributed by atoms with van der Waals surface area (Å²) in [5, 5.41) is 0. The number of carbonyl (C=O) groups is 2. The van der Waals surface area contributed by atoms with Gasteiger partial charge in [-0.1, -0.05) is 0 Å². The third-order valence-corrected chi connectivity index (χ3v) is 7.32. The van der Waals surface area contributed by atoms with E-state index in [2.05, 4.69) is 9.88 Å². The molecule has 1 saturated heterocycles. The topological polar surface area (TPSA) is 67.7 Å². The van der Waals surface area contributed by atoms with E-state index in [4.69, 9.17) is 4.74 Å². The zero-order chi connectivity index (χ0) is 26.6. The molecule has 0 radical (unpaired) electrons. The fourth-order valence-corrected chi connectivity index (χ4v) is 5.54. The Labute approximate surface area is 209 Å². The van der Waals surface area contributed by atoms with E-state index in [9.17, 15) is 22.8 Å². The molecule has 0 aromatic carbocycles. The van der Waals surface area contributed by atoms with Gasteiger partial charge in [-0.15, -0.1) is 0 Å². The van der Waals surface area contributed by atoms with Crippen molar-refractivity contribution in [3.05, 3.63) is 47.0 Å². The van der Waals surface area contributed by atoms with Crippen LogP contribution in [-0.2, 0) is 11.1 Å². The van der Waals surface area contributed by atoms with Crippen LogP contribution in [0.15, 0.2) is 24.4 Å². The number of aromatic nitrogens is 2. The minimum Gasteiger partial charge on any atom is -0.489 e. The number of carbonyl (C=O) groups excluding carboxylic acids is 2. The number of Topliss-reactive ketones (excluding diaryl/α,β-unsaturated/α-hetero) is 1. The van der Waals surface area contributed by atoms with Crippen LogP contribution >= 0.6 is 0 Å². The molecule has 10 heteroatoms. The van der Waals surface area contributed by atoms with Crippen molar-refractivity contribution in [2.75, 3.05) is 26.7 Å². The number of aryl methyl sites for hydroxylation is 1. The van der Waals surface area contributed by atoms with E-state index in [0.29, 0.717) is 55.3 Å². The van der Waals surface area contributed by atoms with Crippen LogP contribution in [0.2, 0.25) is 0 Å². The summed E-state index contributed by atoms with van der Waals surface area (Å²) < 4.78 is 47.1. The minimum absolute atomic E-state index is 0.00585. The van der Waals surface area contributed by atoms with Crippen LogP contribution in [0.1, 0.15) is 72.8 Å². The Morgan fingerprint density at radius 1 is 1.14 bits per heavy atom. The Morgan fingerprint density at radius 2 is 1.78 bits per heavy atom. The number of likely N-dealkylation sites (N-methyl/N-ethyl adjacent to an activating group) is 1. The van der Waals surface area contributed by atoms with Crippen molar-refractivity contribution in [3.63, 3.8) is 0 Å². The number of pyridine rings is 1. The van der Waals surface area contributed by atoms with E-state index in [0.717, 1.165) is 0 Å². The molecule has 0 bridgehead atoms. The van der Waals surface area contributed by atoms with Gasteiger partial charge in [0.05, 0.1) is 22.9 Å². The van der Waals surface area contributed by atoms with Crippen LogP contribution in [0.4, 0.5) is 13.2 Å². The maximum atomic E-state index is 13.2. The van der Waals surface area contributed by atoms with E-state index in [-0.39, 0.29) is 17.6 Å². The number of nitrogens with zero attached hydrogens (tertiary/aromatic N) is 4. The van der Waals surface area contributed by atoms with E-state index < -0.39 is 23.0 Å². The fraction of sp³-hybridized carbons (Fsp3) is 0.577. The molecule has 0 N–H and O–H groups in total. The number of hydrogen-bond donors (Lipinski definition) is 0. The molecule has 4 rings (SSSR count). The first-order valence-electron chi connectivity index (χ1n) is 12.2. The summed E-state index contributed by atoms with van der Waals surface area (Å²) in [6, 6.07) is 4.81. The van der Waals surface area contributed by atoms with Gasteiger partial charge in [-0.2, -0.15) is 13.2 Å². The van der Waals surface area contributed by atoms with Crippen LogP contribution in [0.5, 0.6) is 5.75 Å². The SMILES string of the molecule is Cc1nc(C(=O)N2CCC3(CC2)c2cc(C(=O)C(F)(F)F)cn2C(C)(C)CN3C)ccc1OC(C)C. The molecule has 1 fully saturated rings. The first-order valence-corrected chi connectivity index (χ1v) is 12.2. The number of ether oxygens (including phenoxy) is 1. The highest BCUT2D eigenvalue weighted by molar-refractivity contribution is 6.00. The van der Waals surface area contributed by atoms with Crippen LogP contribution < -0.4 is 4.74 Å². The van der Waals surface area contributed by atoms with E-state index in [1.165, 1.54) is 12.3 Å². The van der Waals surface area contributed by atoms with Gasteiger partial charge in [0, 0.05) is 37.1 Å². The third-order valence-electron chi connectivity index (χ3n) is 7.32. The molecule has 196 valence electrons. The molecule has 1 spiro atoms. The second-order valence-corrected chi connectivity index (χ2v) is 10.7. The number of amides is 1. The van der Waals surface area contributed by atoms with Crippen molar-refractivity contribution in [2.45, 2.75) is 70.8 Å². The molecule has 7 nitrogen and oxygen atoms in total. The molecule has 0 saturated carbocycles. The Morgan fingerprint density at radius 3 is 2.33 bits per heavy atom. The zero-order valence-corrected chi connectivity index (χ0v) is 21.6. The highest BCUT2D eigenvalue weighted by Crippen LogP contribution is 2.46. The van der Waals surface area contributed by atoms with E-state index in [1.54, 1.807) is 24.0 Å². The number of hydrogen-bond acceptors (Lipinski definition) is 5. The summed E-state index contributed by atoms with van der Waals surface area (Å²) >= 11 is 0. The first kappa shape index (κ1) is 26.2. The third kappa shape index (κ3) is 4.51. The number of ketones is 1. The van der Waals surface area contributed by atoms with Gasteiger partial charge in [-0.05, 0) is 72.7 Å². The van der Waals surface area contributed by atoms with Gasteiger partial charge in [-0.25, -0.2) is 4.98 Å². The molecular weight excluding hydrogens is 473 g/mol. The molecule has 2 aromatic rings. The number of likely N-dealkylation sites (tertiary alicyclic amines) is 1. The molecule has 0 atom stereocenters. The predicted molar refractivity (Wildman–Crippen MR) is 128 cm³/mol. The van der Waals surface area contributed by atoms with Crippen LogP contribution in [0, 0.1) is 6.92 Å². The van der Waals surface area contributed by atoms with Gasteiger partial charge in [0.2, 0.25) is 0 Å². The van der Waals surface area contributed by atoms with Crippen LogP contribution in [0.25, 0.3) is 0 Å². The average molecular weight is 507 g/mol. The lowest BCUT2D eigenvalue weighted by atomic mass is 9.78. The molecule has 0 aliphatic carbocycles. The average Bonchev–Trinajstić information content (AvgIpc) is 3.25. The van der Waals surface area contributed by atoms with Crippen molar-refractivity contribution in [1.82, 2.24) is 19.4 Å². The molecule has 2 aromatic heterocycles. The monoisotopic (exact) mass is 506 g/mol. The summed E-state index contributed by atoms with van der Waals surface area (Å²) in [7, 11) is 1.96. The van der Waals surface area contributed by atoms with E-state index in [1.807, 2.05) is 39.3 Å². The Balaban J connectivity index is 1.59. The predicted octanol–water partition coefficient (Wildman–Crippen LogP) is 4.54. The maximum absolute atomic E-state index is 13.2. The second-order valence-electron chi connectivity index (χ2n) is 10.7. The number of rotatable bonds is 4. The largest absolute Gasteiger partial charge is 0.489 e. The molecule has 0 unspecified atom stereocenters. The summed E-state index contributed by atoms with van der Waals surface area (Å²) in [4.78, 5) is 33.6. The zero-order valence-electron chi connectivity index (χ0n) is 21.6. The maximum Gasteiger partial charge on any atom is 0.454 e. The van der Waals surface area contributed by atoms with Gasteiger partial charge in [0.25, 0.3) is 11.7 Å². The van der Waals surface area contributed by atoms with E-state index >= 15 is 0 Å². The Bertz CT molecular complexity index is 1180. The molecule has 36 heavy (non-hydrogen) atoms. The smallest absolute Gasteiger partial charge is 0.454 e. The van der Waals surface area contributed by atoms with Gasteiger partial charge < -0.3 is 14.2 Å². The molecular formula is C26H33F3N4O3. The first-order chi connectivity index (χ1) is 16.7. The van der Waals surface area contributed by atoms with Crippen molar-refractivity contribution in [3.8, 4) is 5.75 Å². The Hall–Kier alpha value is -2.88. The summed E-state index contributed by atoms with van der Waals surface area (Å²) in [5.41, 5.74) is 0.242. The van der Waals surface area contributed by atoms with Gasteiger partial charge in [0.1, 0.15) is 11.4 Å². The highest BCUT2D eigenvalue weighted by Gasteiger charge is 2.50. The highest BCUT2D eigenvalue weighted by atomic mass is 19.4. The molecule has 2 aliphatic heterocycles. The fourth-order valence-electron chi connectivity index (χ4n) is 5.54. The number of alkyl halides is 3. The molecule has 1 amide bonds. The lowest BCUT2D eigenvalue weighted by Gasteiger charge is -2.54. The molecule has 4 heterocycles.